The second-order valence-electron chi connectivity index (χ2n) is 6.03. The van der Waals surface area contributed by atoms with E-state index in [-0.39, 0.29) is 5.69 Å². The summed E-state index contributed by atoms with van der Waals surface area (Å²) in [5.74, 6) is -0.747. The van der Waals surface area contributed by atoms with E-state index in [1.165, 1.54) is 4.80 Å². The smallest absolute Gasteiger partial charge is 0.360 e. The van der Waals surface area contributed by atoms with Crippen molar-refractivity contribution in [1.29, 1.82) is 0 Å². The van der Waals surface area contributed by atoms with Gasteiger partial charge in [0, 0.05) is 13.6 Å². The van der Waals surface area contributed by atoms with E-state index in [1.807, 2.05) is 69.4 Å². The van der Waals surface area contributed by atoms with E-state index < -0.39 is 5.97 Å². The number of aromatic nitrogens is 3. The molecule has 3 aromatic rings. The fourth-order valence-corrected chi connectivity index (χ4v) is 2.69. The predicted octanol–water partition coefficient (Wildman–Crippen LogP) is 3.22. The van der Waals surface area contributed by atoms with E-state index in [9.17, 15) is 9.90 Å². The first kappa shape index (κ1) is 16.7. The highest BCUT2D eigenvalue weighted by atomic mass is 16.4. The summed E-state index contributed by atoms with van der Waals surface area (Å²) in [6, 6.07) is 15.6. The third-order valence-electron chi connectivity index (χ3n) is 4.21. The number of anilines is 1. The minimum Gasteiger partial charge on any atom is -0.476 e. The number of aromatic carboxylic acids is 1. The van der Waals surface area contributed by atoms with Crippen molar-refractivity contribution in [3.05, 3.63) is 70.9 Å². The van der Waals surface area contributed by atoms with Crippen LogP contribution in [0.2, 0.25) is 0 Å². The minimum absolute atomic E-state index is 0.0562. The molecule has 3 rings (SSSR count). The monoisotopic (exact) mass is 336 g/mol. The normalized spacial score (nSPS) is 10.7. The average Bonchev–Trinajstić information content (AvgIpc) is 3.04. The molecule has 0 unspecified atom stereocenters. The van der Waals surface area contributed by atoms with E-state index in [0.29, 0.717) is 12.4 Å². The number of carbonyl (C=O) groups is 1. The summed E-state index contributed by atoms with van der Waals surface area (Å²) < 4.78 is 0. The van der Waals surface area contributed by atoms with Crippen LogP contribution in [0.3, 0.4) is 0 Å². The largest absolute Gasteiger partial charge is 0.476 e. The van der Waals surface area contributed by atoms with Crippen LogP contribution in [0.4, 0.5) is 5.82 Å². The maximum Gasteiger partial charge on any atom is 0.360 e. The Morgan fingerprint density at radius 2 is 1.80 bits per heavy atom. The molecule has 0 atom stereocenters. The van der Waals surface area contributed by atoms with Gasteiger partial charge < -0.3 is 10.0 Å². The second-order valence-corrected chi connectivity index (χ2v) is 6.03. The lowest BCUT2D eigenvalue weighted by Gasteiger charge is -2.16. The van der Waals surface area contributed by atoms with Crippen LogP contribution in [0.15, 0.2) is 48.5 Å². The van der Waals surface area contributed by atoms with Gasteiger partial charge in [0.15, 0.2) is 5.82 Å². The molecular weight excluding hydrogens is 316 g/mol. The van der Waals surface area contributed by atoms with E-state index in [0.717, 1.165) is 22.4 Å². The van der Waals surface area contributed by atoms with Gasteiger partial charge in [-0.05, 0) is 36.6 Å². The van der Waals surface area contributed by atoms with Gasteiger partial charge in [-0.25, -0.2) is 4.79 Å². The zero-order valence-corrected chi connectivity index (χ0v) is 14.5. The zero-order valence-electron chi connectivity index (χ0n) is 14.5. The van der Waals surface area contributed by atoms with Gasteiger partial charge in [0.1, 0.15) is 0 Å². The van der Waals surface area contributed by atoms with Crippen LogP contribution in [-0.2, 0) is 6.54 Å². The number of nitrogens with zero attached hydrogens (tertiary/aromatic N) is 4. The Morgan fingerprint density at radius 3 is 2.48 bits per heavy atom. The molecule has 0 aliphatic rings. The molecule has 128 valence electrons. The number of rotatable bonds is 5. The molecule has 6 heteroatoms. The summed E-state index contributed by atoms with van der Waals surface area (Å²) in [7, 11) is 1.82. The van der Waals surface area contributed by atoms with Crippen LogP contribution in [0.25, 0.3) is 5.69 Å². The fraction of sp³-hybridized carbons (Fsp3) is 0.211. The SMILES string of the molecule is Cc1cccc(-n2nc(C(=O)O)c(N(C)Cc3ccccc3)n2)c1C. The third kappa shape index (κ3) is 3.38. The van der Waals surface area contributed by atoms with E-state index in [2.05, 4.69) is 10.2 Å². The van der Waals surface area contributed by atoms with Gasteiger partial charge in [0.05, 0.1) is 5.69 Å². The van der Waals surface area contributed by atoms with Gasteiger partial charge in [-0.3, -0.25) is 0 Å². The first-order chi connectivity index (χ1) is 12.0. The summed E-state index contributed by atoms with van der Waals surface area (Å²) in [5.41, 5.74) is 3.92. The van der Waals surface area contributed by atoms with E-state index >= 15 is 0 Å². The Hall–Kier alpha value is -3.15. The molecule has 1 aromatic heterocycles. The van der Waals surface area contributed by atoms with Crippen molar-refractivity contribution in [2.45, 2.75) is 20.4 Å². The Balaban J connectivity index is 2.00. The van der Waals surface area contributed by atoms with Crippen molar-refractivity contribution < 1.29 is 9.90 Å². The topological polar surface area (TPSA) is 71.2 Å². The molecule has 0 fully saturated rings. The Bertz CT molecular complexity index is 903. The molecule has 25 heavy (non-hydrogen) atoms. The van der Waals surface area contributed by atoms with E-state index in [1.54, 1.807) is 4.90 Å². The number of benzene rings is 2. The minimum atomic E-state index is -1.09. The van der Waals surface area contributed by atoms with Gasteiger partial charge >= 0.3 is 5.97 Å². The molecule has 0 saturated carbocycles. The number of hydrogen-bond donors (Lipinski definition) is 1. The summed E-state index contributed by atoms with van der Waals surface area (Å²) in [5, 5.41) is 18.2. The summed E-state index contributed by atoms with van der Waals surface area (Å²) >= 11 is 0. The highest BCUT2D eigenvalue weighted by Crippen LogP contribution is 2.21. The lowest BCUT2D eigenvalue weighted by atomic mass is 10.1. The van der Waals surface area contributed by atoms with Crippen LogP contribution in [0, 0.1) is 13.8 Å². The average molecular weight is 336 g/mol. The summed E-state index contributed by atoms with van der Waals surface area (Å²) in [6.07, 6.45) is 0. The van der Waals surface area contributed by atoms with Crippen molar-refractivity contribution in [2.75, 3.05) is 11.9 Å². The number of carboxylic acids is 1. The maximum absolute atomic E-state index is 11.6. The molecule has 0 spiro atoms. The second kappa shape index (κ2) is 6.76. The van der Waals surface area contributed by atoms with Gasteiger partial charge in [-0.15, -0.1) is 15.0 Å². The Morgan fingerprint density at radius 1 is 1.08 bits per heavy atom. The molecule has 6 nitrogen and oxygen atoms in total. The molecule has 1 N–H and O–H groups in total. The number of carboxylic acid groups (broad SMARTS) is 1. The molecule has 0 radical (unpaired) electrons. The van der Waals surface area contributed by atoms with Gasteiger partial charge in [0.2, 0.25) is 5.69 Å². The van der Waals surface area contributed by atoms with Gasteiger partial charge in [-0.1, -0.05) is 42.5 Å². The van der Waals surface area contributed by atoms with Crippen molar-refractivity contribution in [1.82, 2.24) is 15.0 Å². The van der Waals surface area contributed by atoms with Crippen LogP contribution in [0.1, 0.15) is 27.2 Å². The van der Waals surface area contributed by atoms with Crippen molar-refractivity contribution in [3.8, 4) is 5.69 Å². The molecule has 2 aromatic carbocycles. The fourth-order valence-electron chi connectivity index (χ4n) is 2.69. The van der Waals surface area contributed by atoms with Crippen LogP contribution in [-0.4, -0.2) is 33.1 Å². The highest BCUT2D eigenvalue weighted by molar-refractivity contribution is 5.91. The molecule has 1 heterocycles. The lowest BCUT2D eigenvalue weighted by Crippen LogP contribution is -2.19. The number of aryl methyl sites for hydroxylation is 1. The predicted molar refractivity (Wildman–Crippen MR) is 96.3 cm³/mol. The van der Waals surface area contributed by atoms with Crippen LogP contribution >= 0.6 is 0 Å². The maximum atomic E-state index is 11.6. The van der Waals surface area contributed by atoms with Gasteiger partial charge in [-0.2, -0.15) is 0 Å². The highest BCUT2D eigenvalue weighted by Gasteiger charge is 2.22. The zero-order chi connectivity index (χ0) is 18.0. The van der Waals surface area contributed by atoms with Crippen molar-refractivity contribution in [3.63, 3.8) is 0 Å². The first-order valence-corrected chi connectivity index (χ1v) is 7.99. The summed E-state index contributed by atoms with van der Waals surface area (Å²) in [6.45, 7) is 4.53. The Kier molecular flexibility index (Phi) is 4.52. The molecule has 0 amide bonds. The lowest BCUT2D eigenvalue weighted by molar-refractivity contribution is 0.0690. The molecular formula is C19H20N4O2. The molecule has 0 aliphatic carbocycles. The quantitative estimate of drug-likeness (QED) is 0.774. The molecule has 0 aliphatic heterocycles. The standard InChI is InChI=1S/C19H20N4O2/c1-13-8-7-11-16(14(13)2)23-20-17(19(24)25)18(21-23)22(3)12-15-9-5-4-6-10-15/h4-11H,12H2,1-3H3,(H,24,25). The number of hydrogen-bond acceptors (Lipinski definition) is 4. The summed E-state index contributed by atoms with van der Waals surface area (Å²) in [4.78, 5) is 14.8. The first-order valence-electron chi connectivity index (χ1n) is 7.99. The molecule has 0 bridgehead atoms. The van der Waals surface area contributed by atoms with Gasteiger partial charge in [0.25, 0.3) is 0 Å². The molecule has 0 saturated heterocycles. The van der Waals surface area contributed by atoms with Crippen molar-refractivity contribution >= 4 is 11.8 Å². The van der Waals surface area contributed by atoms with E-state index in [4.69, 9.17) is 0 Å². The van der Waals surface area contributed by atoms with Crippen molar-refractivity contribution in [2.24, 2.45) is 0 Å². The van der Waals surface area contributed by atoms with Crippen LogP contribution in [0.5, 0.6) is 0 Å². The Labute approximate surface area is 146 Å². The third-order valence-corrected chi connectivity index (χ3v) is 4.21. The van der Waals surface area contributed by atoms with Crippen LogP contribution < -0.4 is 4.90 Å².